The molecule has 1 amide bonds. The largest absolute Gasteiger partial charge is 0.321 e. The van der Waals surface area contributed by atoms with Crippen molar-refractivity contribution in [1.82, 2.24) is 0 Å². The fourth-order valence-electron chi connectivity index (χ4n) is 3.04. The fraction of sp³-hybridized carbons (Fsp3) is 0. The summed E-state index contributed by atoms with van der Waals surface area (Å²) >= 11 is 0. The molecule has 0 aromatic heterocycles. The molecule has 1 aliphatic rings. The lowest BCUT2D eigenvalue weighted by Gasteiger charge is -2.12. The van der Waals surface area contributed by atoms with Crippen molar-refractivity contribution in [2.45, 2.75) is 9.79 Å². The highest BCUT2D eigenvalue weighted by Crippen LogP contribution is 2.37. The summed E-state index contributed by atoms with van der Waals surface area (Å²) in [4.78, 5) is 11.7. The summed E-state index contributed by atoms with van der Waals surface area (Å²) < 4.78 is 51.1. The van der Waals surface area contributed by atoms with Gasteiger partial charge in [0.25, 0.3) is 15.9 Å². The Balaban J connectivity index is 1.83. The Labute approximate surface area is 155 Å². The number of nitrogens with two attached hydrogens (primary N) is 1. The molecule has 0 atom stereocenters. The number of hydrogen-bond acceptors (Lipinski definition) is 5. The third-order valence-electron chi connectivity index (χ3n) is 4.20. The van der Waals surface area contributed by atoms with E-state index in [1.807, 2.05) is 0 Å². The first kappa shape index (κ1) is 17.5. The number of carbonyl (C=O) groups excluding carboxylic acids is 1. The van der Waals surface area contributed by atoms with Crippen LogP contribution >= 0.6 is 0 Å². The Bertz CT molecular complexity index is 1330. The first-order valence-corrected chi connectivity index (χ1v) is 10.7. The summed E-state index contributed by atoms with van der Waals surface area (Å²) in [6.07, 6.45) is 0. The summed E-state index contributed by atoms with van der Waals surface area (Å²) in [6, 6.07) is 12.9. The normalized spacial score (nSPS) is 13.6. The third-order valence-corrected chi connectivity index (χ3v) is 6.55. The van der Waals surface area contributed by atoms with Crippen molar-refractivity contribution in [2.75, 3.05) is 10.0 Å². The van der Waals surface area contributed by atoms with Gasteiger partial charge in [0.2, 0.25) is 10.0 Å². The molecule has 1 aliphatic heterocycles. The average molecular weight is 403 g/mol. The van der Waals surface area contributed by atoms with Gasteiger partial charge < -0.3 is 5.32 Å². The zero-order valence-electron chi connectivity index (χ0n) is 13.6. The molecule has 0 fully saturated rings. The maximum atomic E-state index is 12.9. The molecule has 0 aliphatic carbocycles. The van der Waals surface area contributed by atoms with Crippen molar-refractivity contribution in [3.8, 4) is 0 Å². The van der Waals surface area contributed by atoms with Crippen LogP contribution in [-0.2, 0) is 20.0 Å². The number of anilines is 2. The molecule has 4 N–H and O–H groups in total. The van der Waals surface area contributed by atoms with Gasteiger partial charge in [-0.3, -0.25) is 9.52 Å². The molecular formula is C17H13N3O5S2. The van der Waals surface area contributed by atoms with Crippen molar-refractivity contribution < 1.29 is 21.6 Å². The molecule has 0 spiro atoms. The first-order chi connectivity index (χ1) is 12.7. The van der Waals surface area contributed by atoms with Crippen molar-refractivity contribution >= 4 is 48.1 Å². The summed E-state index contributed by atoms with van der Waals surface area (Å²) in [5.74, 6) is -0.293. The zero-order valence-corrected chi connectivity index (χ0v) is 15.3. The zero-order chi connectivity index (χ0) is 19.4. The average Bonchev–Trinajstić information content (AvgIpc) is 2.92. The highest BCUT2D eigenvalue weighted by molar-refractivity contribution is 7.93. The van der Waals surface area contributed by atoms with E-state index in [4.69, 9.17) is 5.14 Å². The summed E-state index contributed by atoms with van der Waals surface area (Å²) in [5, 5.41) is 8.69. The van der Waals surface area contributed by atoms with Crippen LogP contribution in [-0.4, -0.2) is 22.7 Å². The number of primary sulfonamides is 1. The summed E-state index contributed by atoms with van der Waals surface area (Å²) in [5.41, 5.74) is 0.996. The van der Waals surface area contributed by atoms with Crippen molar-refractivity contribution in [1.29, 1.82) is 0 Å². The van der Waals surface area contributed by atoms with Gasteiger partial charge >= 0.3 is 0 Å². The molecule has 8 nitrogen and oxygen atoms in total. The van der Waals surface area contributed by atoms with Gasteiger partial charge in [-0.05, 0) is 36.4 Å². The Morgan fingerprint density at radius 2 is 1.67 bits per heavy atom. The predicted molar refractivity (Wildman–Crippen MR) is 101 cm³/mol. The van der Waals surface area contributed by atoms with Gasteiger partial charge in [-0.2, -0.15) is 0 Å². The Morgan fingerprint density at radius 1 is 0.926 bits per heavy atom. The quantitative estimate of drug-likeness (QED) is 0.611. The molecule has 3 aromatic rings. The Kier molecular flexibility index (Phi) is 3.74. The van der Waals surface area contributed by atoms with Crippen LogP contribution in [0.2, 0.25) is 0 Å². The van der Waals surface area contributed by atoms with E-state index in [-0.39, 0.29) is 21.4 Å². The number of sulfonamides is 2. The second-order valence-electron chi connectivity index (χ2n) is 5.97. The van der Waals surface area contributed by atoms with Crippen molar-refractivity contribution in [3.63, 3.8) is 0 Å². The Morgan fingerprint density at radius 3 is 2.41 bits per heavy atom. The highest BCUT2D eigenvalue weighted by Gasteiger charge is 2.26. The van der Waals surface area contributed by atoms with Crippen LogP contribution in [0.5, 0.6) is 0 Å². The van der Waals surface area contributed by atoms with E-state index >= 15 is 0 Å². The van der Waals surface area contributed by atoms with Crippen LogP contribution < -0.4 is 15.2 Å². The molecule has 0 bridgehead atoms. The van der Waals surface area contributed by atoms with Crippen LogP contribution in [0.1, 0.15) is 10.4 Å². The van der Waals surface area contributed by atoms with Crippen LogP contribution in [0.4, 0.5) is 11.4 Å². The molecule has 1 heterocycles. The van der Waals surface area contributed by atoms with Gasteiger partial charge in [-0.1, -0.05) is 18.2 Å². The topological polar surface area (TPSA) is 135 Å². The number of carbonyl (C=O) groups is 1. The lowest BCUT2D eigenvalue weighted by atomic mass is 10.1. The van der Waals surface area contributed by atoms with Crippen molar-refractivity contribution in [3.05, 3.63) is 60.2 Å². The van der Waals surface area contributed by atoms with E-state index in [9.17, 15) is 21.6 Å². The van der Waals surface area contributed by atoms with E-state index in [0.29, 0.717) is 22.0 Å². The number of amides is 1. The van der Waals surface area contributed by atoms with Gasteiger partial charge in [0, 0.05) is 22.0 Å². The Hall–Kier alpha value is -2.95. The van der Waals surface area contributed by atoms with E-state index < -0.39 is 20.0 Å². The fourth-order valence-corrected chi connectivity index (χ4v) is 4.86. The van der Waals surface area contributed by atoms with Gasteiger partial charge in [-0.25, -0.2) is 22.0 Å². The standard InChI is InChI=1S/C17H13N3O5S2/c18-26(22,23)11-4-1-3-10(9-11)20-27(24,25)15-8-7-14-16-12(15)5-2-6-13(16)17(21)19-14/h1-9,20H,(H,19,21)(H2,18,22,23). The smallest absolute Gasteiger partial charge is 0.262 e. The molecule has 0 unspecified atom stereocenters. The molecule has 0 radical (unpaired) electrons. The lowest BCUT2D eigenvalue weighted by molar-refractivity contribution is 0.103. The number of nitrogens with one attached hydrogen (secondary N) is 2. The molecule has 0 saturated carbocycles. The monoisotopic (exact) mass is 403 g/mol. The van der Waals surface area contributed by atoms with E-state index in [1.165, 1.54) is 30.3 Å². The van der Waals surface area contributed by atoms with E-state index in [0.717, 1.165) is 6.07 Å². The minimum absolute atomic E-state index is 0.0272. The third kappa shape index (κ3) is 2.93. The number of rotatable bonds is 4. The van der Waals surface area contributed by atoms with E-state index in [2.05, 4.69) is 10.0 Å². The molecule has 10 heteroatoms. The van der Waals surface area contributed by atoms with Gasteiger partial charge in [0.1, 0.15) is 0 Å². The first-order valence-electron chi connectivity index (χ1n) is 7.69. The molecule has 0 saturated heterocycles. The van der Waals surface area contributed by atoms with Gasteiger partial charge in [-0.15, -0.1) is 0 Å². The molecule has 4 rings (SSSR count). The molecular weight excluding hydrogens is 390 g/mol. The lowest BCUT2D eigenvalue weighted by Crippen LogP contribution is -2.15. The van der Waals surface area contributed by atoms with Crippen molar-refractivity contribution in [2.24, 2.45) is 5.14 Å². The molecule has 3 aromatic carbocycles. The van der Waals surface area contributed by atoms with Crippen LogP contribution in [0.15, 0.2) is 64.4 Å². The minimum Gasteiger partial charge on any atom is -0.321 e. The number of hydrogen-bond donors (Lipinski definition) is 3. The van der Waals surface area contributed by atoms with Crippen LogP contribution in [0.25, 0.3) is 10.8 Å². The van der Waals surface area contributed by atoms with Crippen LogP contribution in [0.3, 0.4) is 0 Å². The molecule has 27 heavy (non-hydrogen) atoms. The van der Waals surface area contributed by atoms with Gasteiger partial charge in [0.05, 0.1) is 15.5 Å². The van der Waals surface area contributed by atoms with E-state index in [1.54, 1.807) is 18.2 Å². The second-order valence-corrected chi connectivity index (χ2v) is 9.18. The number of benzene rings is 3. The SMILES string of the molecule is NS(=O)(=O)c1cccc(NS(=O)(=O)c2ccc3c4c(cccc24)C(=O)N3)c1. The summed E-state index contributed by atoms with van der Waals surface area (Å²) in [6.45, 7) is 0. The predicted octanol–water partition coefficient (Wildman–Crippen LogP) is 1.85. The van der Waals surface area contributed by atoms with Crippen LogP contribution in [0, 0.1) is 0 Å². The van der Waals surface area contributed by atoms with Gasteiger partial charge in [0.15, 0.2) is 0 Å². The maximum absolute atomic E-state index is 12.9. The summed E-state index contributed by atoms with van der Waals surface area (Å²) in [7, 11) is -8.02. The second kappa shape index (κ2) is 5.78. The molecule has 138 valence electrons. The maximum Gasteiger partial charge on any atom is 0.262 e. The minimum atomic E-state index is -4.05. The highest BCUT2D eigenvalue weighted by atomic mass is 32.2.